The topological polar surface area (TPSA) is 27.8 Å². The van der Waals surface area contributed by atoms with Crippen LogP contribution in [0.25, 0.3) is 5.69 Å². The van der Waals surface area contributed by atoms with Gasteiger partial charge in [0.2, 0.25) is 6.79 Å². The van der Waals surface area contributed by atoms with Crippen molar-refractivity contribution < 1.29 is 14.4 Å². The number of nitrogens with one attached hydrogen (secondary N) is 1. The average Bonchev–Trinajstić information content (AvgIpc) is 2.99. The van der Waals surface area contributed by atoms with E-state index < -0.39 is 0 Å². The zero-order valence-electron chi connectivity index (χ0n) is 10.4. The van der Waals surface area contributed by atoms with Crippen LogP contribution in [0.15, 0.2) is 30.5 Å². The Bertz CT molecular complexity index is 631. The van der Waals surface area contributed by atoms with Gasteiger partial charge in [0.05, 0.1) is 25.5 Å². The van der Waals surface area contributed by atoms with Crippen LogP contribution < -0.4 is 14.4 Å². The molecule has 92 valence electrons. The maximum absolute atomic E-state index is 5.49. The fourth-order valence-corrected chi connectivity index (χ4v) is 3.00. The molecule has 0 bridgehead atoms. The van der Waals surface area contributed by atoms with Gasteiger partial charge in [0.1, 0.15) is 0 Å². The molecule has 18 heavy (non-hydrogen) atoms. The molecule has 0 amide bonds. The predicted molar refractivity (Wildman–Crippen MR) is 66.5 cm³/mol. The second-order valence-electron chi connectivity index (χ2n) is 5.08. The van der Waals surface area contributed by atoms with Crippen LogP contribution in [0.5, 0.6) is 11.5 Å². The van der Waals surface area contributed by atoms with E-state index in [2.05, 4.69) is 49.1 Å². The number of benzene rings is 1. The van der Waals surface area contributed by atoms with E-state index in [0.717, 1.165) is 11.5 Å². The molecule has 0 saturated heterocycles. The molecule has 4 nitrogen and oxygen atoms in total. The van der Waals surface area contributed by atoms with Gasteiger partial charge in [0.15, 0.2) is 17.5 Å². The fraction of sp³-hybridized carbons (Fsp3) is 0.286. The lowest BCUT2D eigenvalue weighted by molar-refractivity contribution is -0.885. The summed E-state index contributed by atoms with van der Waals surface area (Å²) in [5.41, 5.74) is 3.86. The highest BCUT2D eigenvalue weighted by atomic mass is 16.7. The number of rotatable bonds is 1. The quantitative estimate of drug-likeness (QED) is 0.800. The molecule has 0 spiro atoms. The van der Waals surface area contributed by atoms with Gasteiger partial charge in [-0.05, 0) is 18.2 Å². The molecule has 1 aromatic heterocycles. The third-order valence-electron chi connectivity index (χ3n) is 3.75. The standard InChI is InChI=1S/C14H14N2O2/c1-15(2)14-9-6-12-13(18-8-17-12)7-11(9)16-5-3-4-10(14)16/h3-7,14H,8H2,1-2H3/p+1. The van der Waals surface area contributed by atoms with Crippen LogP contribution in [0.4, 0.5) is 0 Å². The Hall–Kier alpha value is -1.94. The van der Waals surface area contributed by atoms with Crippen molar-refractivity contribution in [2.45, 2.75) is 6.04 Å². The second kappa shape index (κ2) is 3.29. The molecule has 1 atom stereocenters. The van der Waals surface area contributed by atoms with E-state index in [1.165, 1.54) is 21.8 Å². The molecule has 3 heterocycles. The molecule has 0 saturated carbocycles. The summed E-state index contributed by atoms with van der Waals surface area (Å²) in [6.07, 6.45) is 2.11. The lowest BCUT2D eigenvalue weighted by Crippen LogP contribution is -3.06. The number of nitrogens with zero attached hydrogens (tertiary/aromatic N) is 1. The van der Waals surface area contributed by atoms with E-state index in [0.29, 0.717) is 12.8 Å². The van der Waals surface area contributed by atoms with E-state index in [1.54, 1.807) is 0 Å². The summed E-state index contributed by atoms with van der Waals surface area (Å²) >= 11 is 0. The van der Waals surface area contributed by atoms with Gasteiger partial charge < -0.3 is 18.9 Å². The highest BCUT2D eigenvalue weighted by Crippen LogP contribution is 2.43. The normalized spacial score (nSPS) is 19.2. The molecular formula is C14H15N2O2+. The van der Waals surface area contributed by atoms with Crippen molar-refractivity contribution in [3.8, 4) is 17.2 Å². The molecule has 0 fully saturated rings. The van der Waals surface area contributed by atoms with Crippen LogP contribution in [-0.2, 0) is 0 Å². The maximum atomic E-state index is 5.49. The highest BCUT2D eigenvalue weighted by molar-refractivity contribution is 5.61. The van der Waals surface area contributed by atoms with Crippen LogP contribution in [-0.4, -0.2) is 25.5 Å². The van der Waals surface area contributed by atoms with Crippen LogP contribution in [0, 0.1) is 0 Å². The lowest BCUT2D eigenvalue weighted by atomic mass is 10.0. The minimum absolute atomic E-state index is 0.330. The second-order valence-corrected chi connectivity index (χ2v) is 5.08. The van der Waals surface area contributed by atoms with Crippen molar-refractivity contribution in [1.29, 1.82) is 0 Å². The summed E-state index contributed by atoms with van der Waals surface area (Å²) in [6.45, 7) is 0.330. The first-order valence-electron chi connectivity index (χ1n) is 6.17. The number of hydrogen-bond acceptors (Lipinski definition) is 2. The van der Waals surface area contributed by atoms with Gasteiger partial charge in [0, 0.05) is 17.8 Å². The third-order valence-corrected chi connectivity index (χ3v) is 3.75. The van der Waals surface area contributed by atoms with Crippen molar-refractivity contribution >= 4 is 0 Å². The first-order valence-corrected chi connectivity index (χ1v) is 6.17. The van der Waals surface area contributed by atoms with Crippen molar-refractivity contribution in [3.05, 3.63) is 41.7 Å². The van der Waals surface area contributed by atoms with Gasteiger partial charge in [-0.1, -0.05) is 0 Å². The highest BCUT2D eigenvalue weighted by Gasteiger charge is 2.35. The van der Waals surface area contributed by atoms with Crippen molar-refractivity contribution in [2.24, 2.45) is 0 Å². The van der Waals surface area contributed by atoms with E-state index >= 15 is 0 Å². The van der Waals surface area contributed by atoms with Crippen LogP contribution >= 0.6 is 0 Å². The van der Waals surface area contributed by atoms with Crippen LogP contribution in [0.2, 0.25) is 0 Å². The van der Waals surface area contributed by atoms with E-state index in [-0.39, 0.29) is 0 Å². The summed E-state index contributed by atoms with van der Waals surface area (Å²) in [5.74, 6) is 1.72. The molecule has 1 aromatic carbocycles. The molecular weight excluding hydrogens is 228 g/mol. The summed E-state index contributed by atoms with van der Waals surface area (Å²) < 4.78 is 13.2. The zero-order chi connectivity index (χ0) is 12.3. The van der Waals surface area contributed by atoms with Crippen molar-refractivity contribution in [1.82, 2.24) is 4.57 Å². The number of quaternary nitrogens is 1. The molecule has 2 aliphatic rings. The number of ether oxygens (including phenoxy) is 2. The minimum atomic E-state index is 0.330. The van der Waals surface area contributed by atoms with Crippen molar-refractivity contribution in [3.63, 3.8) is 0 Å². The predicted octanol–water partition coefficient (Wildman–Crippen LogP) is 0.753. The van der Waals surface area contributed by atoms with Gasteiger partial charge in [-0.2, -0.15) is 0 Å². The van der Waals surface area contributed by atoms with Crippen LogP contribution in [0.1, 0.15) is 17.3 Å². The van der Waals surface area contributed by atoms with Crippen molar-refractivity contribution in [2.75, 3.05) is 20.9 Å². The Morgan fingerprint density at radius 2 is 2.00 bits per heavy atom. The summed E-state index contributed by atoms with van der Waals surface area (Å²) in [6, 6.07) is 8.86. The van der Waals surface area contributed by atoms with Crippen LogP contribution in [0.3, 0.4) is 0 Å². The van der Waals surface area contributed by atoms with E-state index in [1.807, 2.05) is 0 Å². The fourth-order valence-electron chi connectivity index (χ4n) is 3.00. The van der Waals surface area contributed by atoms with Gasteiger partial charge in [-0.15, -0.1) is 0 Å². The minimum Gasteiger partial charge on any atom is -0.454 e. The van der Waals surface area contributed by atoms with E-state index in [4.69, 9.17) is 9.47 Å². The summed E-state index contributed by atoms with van der Waals surface area (Å²) in [5, 5.41) is 0. The monoisotopic (exact) mass is 243 g/mol. The summed E-state index contributed by atoms with van der Waals surface area (Å²) in [4.78, 5) is 1.40. The van der Waals surface area contributed by atoms with Gasteiger partial charge >= 0.3 is 0 Å². The maximum Gasteiger partial charge on any atom is 0.231 e. The number of fused-ring (bicyclic) bond motifs is 4. The SMILES string of the molecule is C[NH+](C)C1c2cc3c(cc2-n2cccc21)OCO3. The van der Waals surface area contributed by atoms with Gasteiger partial charge in [-0.25, -0.2) is 0 Å². The Balaban J connectivity index is 1.99. The molecule has 0 radical (unpaired) electrons. The van der Waals surface area contributed by atoms with Gasteiger partial charge in [0.25, 0.3) is 0 Å². The Kier molecular flexibility index (Phi) is 1.84. The molecule has 2 aromatic rings. The zero-order valence-corrected chi connectivity index (χ0v) is 10.4. The molecule has 1 N–H and O–H groups in total. The molecule has 4 heteroatoms. The number of hydrogen-bond donors (Lipinski definition) is 1. The largest absolute Gasteiger partial charge is 0.454 e. The Labute approximate surface area is 105 Å². The summed E-state index contributed by atoms with van der Waals surface area (Å²) in [7, 11) is 4.36. The first-order chi connectivity index (χ1) is 8.75. The van der Waals surface area contributed by atoms with E-state index in [9.17, 15) is 0 Å². The average molecular weight is 243 g/mol. The molecule has 4 rings (SSSR count). The third kappa shape index (κ3) is 1.13. The Morgan fingerprint density at radius 3 is 2.78 bits per heavy atom. The molecule has 1 unspecified atom stereocenters. The first kappa shape index (κ1) is 10.0. The number of aromatic nitrogens is 1. The lowest BCUT2D eigenvalue weighted by Gasteiger charge is -2.17. The molecule has 2 aliphatic heterocycles. The molecule has 0 aliphatic carbocycles. The Morgan fingerprint density at radius 1 is 1.22 bits per heavy atom. The smallest absolute Gasteiger partial charge is 0.231 e. The van der Waals surface area contributed by atoms with Gasteiger partial charge in [-0.3, -0.25) is 0 Å².